The van der Waals surface area contributed by atoms with E-state index in [9.17, 15) is 0 Å². The Kier molecular flexibility index (Phi) is 3.47. The minimum Gasteiger partial charge on any atom is -0.496 e. The van der Waals surface area contributed by atoms with Crippen LogP contribution < -0.4 is 4.74 Å². The molecule has 82 valence electrons. The second-order valence-electron chi connectivity index (χ2n) is 3.38. The monoisotopic (exact) mass is 231 g/mol. The SMILES string of the molecule is COc1ccccc1Sc1ncccc1C. The number of methoxy groups -OCH3 is 1. The van der Waals surface area contributed by atoms with Gasteiger partial charge >= 0.3 is 0 Å². The first kappa shape index (κ1) is 11.0. The summed E-state index contributed by atoms with van der Waals surface area (Å²) in [7, 11) is 1.69. The molecule has 0 aliphatic heterocycles. The van der Waals surface area contributed by atoms with Crippen LogP contribution in [0.25, 0.3) is 0 Å². The Morgan fingerprint density at radius 1 is 1.12 bits per heavy atom. The van der Waals surface area contributed by atoms with Gasteiger partial charge in [0.1, 0.15) is 10.8 Å². The summed E-state index contributed by atoms with van der Waals surface area (Å²) in [5.41, 5.74) is 1.18. The van der Waals surface area contributed by atoms with E-state index in [4.69, 9.17) is 4.74 Å². The van der Waals surface area contributed by atoms with Crippen molar-refractivity contribution in [2.24, 2.45) is 0 Å². The maximum absolute atomic E-state index is 5.31. The summed E-state index contributed by atoms with van der Waals surface area (Å²) in [6.45, 7) is 2.06. The molecule has 0 aliphatic carbocycles. The Balaban J connectivity index is 2.30. The van der Waals surface area contributed by atoms with E-state index < -0.39 is 0 Å². The molecule has 16 heavy (non-hydrogen) atoms. The van der Waals surface area contributed by atoms with Gasteiger partial charge in [0.15, 0.2) is 0 Å². The first-order valence-electron chi connectivity index (χ1n) is 5.04. The molecule has 0 atom stereocenters. The fraction of sp³-hybridized carbons (Fsp3) is 0.154. The number of aryl methyl sites for hydroxylation is 1. The standard InChI is InChI=1S/C13H13NOS/c1-10-6-5-9-14-13(10)16-12-8-4-3-7-11(12)15-2/h3-9H,1-2H3. The number of aromatic nitrogens is 1. The van der Waals surface area contributed by atoms with Gasteiger partial charge in [-0.25, -0.2) is 4.98 Å². The third kappa shape index (κ3) is 2.36. The van der Waals surface area contributed by atoms with E-state index in [0.29, 0.717) is 0 Å². The molecule has 2 nitrogen and oxygen atoms in total. The molecule has 0 unspecified atom stereocenters. The molecular weight excluding hydrogens is 218 g/mol. The summed E-state index contributed by atoms with van der Waals surface area (Å²) in [4.78, 5) is 5.45. The van der Waals surface area contributed by atoms with Crippen LogP contribution in [0.2, 0.25) is 0 Å². The van der Waals surface area contributed by atoms with Gasteiger partial charge in [0, 0.05) is 6.20 Å². The van der Waals surface area contributed by atoms with Crippen LogP contribution >= 0.6 is 11.8 Å². The molecule has 1 heterocycles. The number of rotatable bonds is 3. The lowest BCUT2D eigenvalue weighted by molar-refractivity contribution is 0.405. The summed E-state index contributed by atoms with van der Waals surface area (Å²) in [6, 6.07) is 12.0. The predicted molar refractivity (Wildman–Crippen MR) is 66.1 cm³/mol. The molecule has 0 saturated heterocycles. The van der Waals surface area contributed by atoms with Crippen molar-refractivity contribution in [3.63, 3.8) is 0 Å². The minimum absolute atomic E-state index is 0.887. The molecule has 0 spiro atoms. The van der Waals surface area contributed by atoms with Crippen LogP contribution in [-0.2, 0) is 0 Å². The van der Waals surface area contributed by atoms with Crippen LogP contribution in [-0.4, -0.2) is 12.1 Å². The van der Waals surface area contributed by atoms with Gasteiger partial charge in [-0.2, -0.15) is 0 Å². The van der Waals surface area contributed by atoms with Crippen molar-refractivity contribution in [2.45, 2.75) is 16.8 Å². The summed E-state index contributed by atoms with van der Waals surface area (Å²) in [5, 5.41) is 1.02. The molecular formula is C13H13NOS. The Hall–Kier alpha value is -1.48. The van der Waals surface area contributed by atoms with Crippen LogP contribution in [0.3, 0.4) is 0 Å². The van der Waals surface area contributed by atoms with Crippen molar-refractivity contribution >= 4 is 11.8 Å². The first-order chi connectivity index (χ1) is 7.81. The quantitative estimate of drug-likeness (QED) is 0.806. The highest BCUT2D eigenvalue weighted by Gasteiger charge is 2.06. The van der Waals surface area contributed by atoms with Crippen molar-refractivity contribution in [3.05, 3.63) is 48.2 Å². The number of ether oxygens (including phenoxy) is 1. The van der Waals surface area contributed by atoms with Gasteiger partial charge in [0.25, 0.3) is 0 Å². The molecule has 0 aliphatic rings. The van der Waals surface area contributed by atoms with Gasteiger partial charge < -0.3 is 4.74 Å². The average molecular weight is 231 g/mol. The number of hydrogen-bond donors (Lipinski definition) is 0. The second kappa shape index (κ2) is 5.03. The summed E-state index contributed by atoms with van der Waals surface area (Å²) in [5.74, 6) is 0.887. The van der Waals surface area contributed by atoms with Crippen molar-refractivity contribution in [1.29, 1.82) is 0 Å². The summed E-state index contributed by atoms with van der Waals surface area (Å²) >= 11 is 1.63. The number of para-hydroxylation sites is 1. The Labute approximate surface area is 99.7 Å². The Morgan fingerprint density at radius 2 is 1.94 bits per heavy atom. The predicted octanol–water partition coefficient (Wildman–Crippen LogP) is 3.55. The molecule has 0 radical (unpaired) electrons. The van der Waals surface area contributed by atoms with Gasteiger partial charge in [-0.3, -0.25) is 0 Å². The highest BCUT2D eigenvalue weighted by atomic mass is 32.2. The van der Waals surface area contributed by atoms with Crippen molar-refractivity contribution in [3.8, 4) is 5.75 Å². The zero-order valence-corrected chi connectivity index (χ0v) is 10.1. The average Bonchev–Trinajstić information content (AvgIpc) is 2.33. The van der Waals surface area contributed by atoms with E-state index >= 15 is 0 Å². The van der Waals surface area contributed by atoms with Gasteiger partial charge in [-0.05, 0) is 30.7 Å². The van der Waals surface area contributed by atoms with Gasteiger partial charge in [-0.15, -0.1) is 0 Å². The van der Waals surface area contributed by atoms with Crippen molar-refractivity contribution in [2.75, 3.05) is 7.11 Å². The maximum atomic E-state index is 5.31. The lowest BCUT2D eigenvalue weighted by Crippen LogP contribution is -1.88. The molecule has 0 saturated carbocycles. The maximum Gasteiger partial charge on any atom is 0.132 e. The number of nitrogens with zero attached hydrogens (tertiary/aromatic N) is 1. The van der Waals surface area contributed by atoms with E-state index in [1.807, 2.05) is 36.5 Å². The van der Waals surface area contributed by atoms with E-state index in [1.54, 1.807) is 18.9 Å². The molecule has 0 bridgehead atoms. The molecule has 1 aromatic heterocycles. The fourth-order valence-electron chi connectivity index (χ4n) is 1.39. The van der Waals surface area contributed by atoms with E-state index in [1.165, 1.54) is 5.56 Å². The van der Waals surface area contributed by atoms with E-state index in [-0.39, 0.29) is 0 Å². The van der Waals surface area contributed by atoms with Crippen molar-refractivity contribution < 1.29 is 4.74 Å². The number of hydrogen-bond acceptors (Lipinski definition) is 3. The van der Waals surface area contributed by atoms with E-state index in [0.717, 1.165) is 15.7 Å². The normalized spacial score (nSPS) is 10.1. The zero-order chi connectivity index (χ0) is 11.4. The molecule has 0 N–H and O–H groups in total. The smallest absolute Gasteiger partial charge is 0.132 e. The van der Waals surface area contributed by atoms with Gasteiger partial charge in [0.05, 0.1) is 12.0 Å². The third-order valence-corrected chi connectivity index (χ3v) is 3.42. The highest BCUT2D eigenvalue weighted by Crippen LogP contribution is 2.34. The molecule has 2 rings (SSSR count). The number of benzene rings is 1. The third-order valence-electron chi connectivity index (χ3n) is 2.24. The van der Waals surface area contributed by atoms with Crippen LogP contribution in [0.4, 0.5) is 0 Å². The Bertz CT molecular complexity index is 485. The lowest BCUT2D eigenvalue weighted by Gasteiger charge is -2.08. The largest absolute Gasteiger partial charge is 0.496 e. The Morgan fingerprint density at radius 3 is 2.69 bits per heavy atom. The van der Waals surface area contributed by atoms with Crippen molar-refractivity contribution in [1.82, 2.24) is 4.98 Å². The van der Waals surface area contributed by atoms with Crippen LogP contribution in [0.5, 0.6) is 5.75 Å². The van der Waals surface area contributed by atoms with Gasteiger partial charge in [0.2, 0.25) is 0 Å². The summed E-state index contributed by atoms with van der Waals surface area (Å²) < 4.78 is 5.31. The van der Waals surface area contributed by atoms with Crippen LogP contribution in [0.15, 0.2) is 52.5 Å². The zero-order valence-electron chi connectivity index (χ0n) is 9.31. The fourth-order valence-corrected chi connectivity index (χ4v) is 2.33. The van der Waals surface area contributed by atoms with Crippen LogP contribution in [0.1, 0.15) is 5.56 Å². The second-order valence-corrected chi connectivity index (χ2v) is 4.41. The van der Waals surface area contributed by atoms with Gasteiger partial charge in [-0.1, -0.05) is 30.0 Å². The highest BCUT2D eigenvalue weighted by molar-refractivity contribution is 7.99. The summed E-state index contributed by atoms with van der Waals surface area (Å²) in [6.07, 6.45) is 1.81. The topological polar surface area (TPSA) is 22.1 Å². The van der Waals surface area contributed by atoms with E-state index in [2.05, 4.69) is 18.0 Å². The molecule has 1 aromatic carbocycles. The first-order valence-corrected chi connectivity index (χ1v) is 5.85. The molecule has 2 aromatic rings. The minimum atomic E-state index is 0.887. The molecule has 3 heteroatoms. The van der Waals surface area contributed by atoms with Crippen LogP contribution in [0, 0.1) is 6.92 Å². The molecule has 0 amide bonds. The molecule has 0 fully saturated rings. The number of pyridine rings is 1. The lowest BCUT2D eigenvalue weighted by atomic mass is 10.3.